The van der Waals surface area contributed by atoms with Gasteiger partial charge in [-0.05, 0) is 26.0 Å². The molecule has 0 spiro atoms. The predicted molar refractivity (Wildman–Crippen MR) is 102 cm³/mol. The zero-order chi connectivity index (χ0) is 16.9. The van der Waals surface area contributed by atoms with Crippen molar-refractivity contribution in [1.82, 2.24) is 15.6 Å². The molecule has 2 aromatic rings. The van der Waals surface area contributed by atoms with Crippen LogP contribution in [-0.4, -0.2) is 17.5 Å². The lowest BCUT2D eigenvalue weighted by atomic mass is 9.98. The highest BCUT2D eigenvalue weighted by Gasteiger charge is 2.17. The first kappa shape index (κ1) is 17.9. The first-order chi connectivity index (χ1) is 10.9. The van der Waals surface area contributed by atoms with Crippen LogP contribution in [0.2, 0.25) is 0 Å². The standard InChI is InChI=1S/C17H26N4S2/c1-6-18-16(20-10-14-8-7-12(2)23-14)19-9-13-11-22-15(21-13)17(3,4)5/h7-8,11H,6,9-10H2,1-5H3,(H2,18,19,20). The molecule has 0 saturated carbocycles. The molecule has 6 heteroatoms. The zero-order valence-corrected chi connectivity index (χ0v) is 16.2. The molecule has 2 heterocycles. The highest BCUT2D eigenvalue weighted by Crippen LogP contribution is 2.25. The van der Waals surface area contributed by atoms with Crippen LogP contribution in [0.3, 0.4) is 0 Å². The maximum absolute atomic E-state index is 4.69. The minimum atomic E-state index is 0.104. The van der Waals surface area contributed by atoms with Gasteiger partial charge in [0, 0.05) is 27.1 Å². The number of thiazole rings is 1. The average Bonchev–Trinajstić information content (AvgIpc) is 3.10. The minimum absolute atomic E-state index is 0.104. The van der Waals surface area contributed by atoms with E-state index in [2.05, 4.69) is 67.8 Å². The van der Waals surface area contributed by atoms with Crippen LogP contribution in [-0.2, 0) is 18.5 Å². The van der Waals surface area contributed by atoms with Gasteiger partial charge in [0.15, 0.2) is 5.96 Å². The maximum Gasteiger partial charge on any atom is 0.191 e. The van der Waals surface area contributed by atoms with E-state index in [9.17, 15) is 0 Å². The smallest absolute Gasteiger partial charge is 0.191 e. The Morgan fingerprint density at radius 1 is 1.26 bits per heavy atom. The van der Waals surface area contributed by atoms with Crippen molar-refractivity contribution in [2.24, 2.45) is 4.99 Å². The maximum atomic E-state index is 4.69. The number of aryl methyl sites for hydroxylation is 1. The third-order valence-electron chi connectivity index (χ3n) is 3.16. The van der Waals surface area contributed by atoms with Crippen LogP contribution >= 0.6 is 22.7 Å². The molecule has 0 radical (unpaired) electrons. The summed E-state index contributed by atoms with van der Waals surface area (Å²) < 4.78 is 0. The van der Waals surface area contributed by atoms with E-state index in [0.717, 1.165) is 29.8 Å². The van der Waals surface area contributed by atoms with Crippen LogP contribution in [0.1, 0.15) is 48.2 Å². The van der Waals surface area contributed by atoms with Crippen molar-refractivity contribution >= 4 is 28.6 Å². The molecule has 0 fully saturated rings. The predicted octanol–water partition coefficient (Wildman–Crippen LogP) is 4.07. The fraction of sp³-hybridized carbons (Fsp3) is 0.529. The Morgan fingerprint density at radius 3 is 2.61 bits per heavy atom. The number of rotatable bonds is 5. The molecular formula is C17H26N4S2. The van der Waals surface area contributed by atoms with Crippen molar-refractivity contribution < 1.29 is 0 Å². The van der Waals surface area contributed by atoms with Crippen LogP contribution in [0.5, 0.6) is 0 Å². The first-order valence-electron chi connectivity index (χ1n) is 7.91. The van der Waals surface area contributed by atoms with Gasteiger partial charge in [-0.1, -0.05) is 20.8 Å². The van der Waals surface area contributed by atoms with Crippen molar-refractivity contribution in [3.8, 4) is 0 Å². The molecule has 2 aromatic heterocycles. The molecule has 23 heavy (non-hydrogen) atoms. The van der Waals surface area contributed by atoms with E-state index in [-0.39, 0.29) is 5.41 Å². The van der Waals surface area contributed by atoms with Crippen molar-refractivity contribution in [1.29, 1.82) is 0 Å². The van der Waals surface area contributed by atoms with Gasteiger partial charge in [-0.3, -0.25) is 0 Å². The minimum Gasteiger partial charge on any atom is -0.357 e. The van der Waals surface area contributed by atoms with E-state index >= 15 is 0 Å². The molecule has 0 aromatic carbocycles. The molecule has 0 aliphatic heterocycles. The molecule has 0 bridgehead atoms. The van der Waals surface area contributed by atoms with Crippen LogP contribution in [0, 0.1) is 6.92 Å². The quantitative estimate of drug-likeness (QED) is 0.631. The van der Waals surface area contributed by atoms with Gasteiger partial charge in [0.1, 0.15) is 0 Å². The van der Waals surface area contributed by atoms with Gasteiger partial charge in [0.05, 0.1) is 23.8 Å². The molecule has 0 atom stereocenters. The lowest BCUT2D eigenvalue weighted by molar-refractivity contribution is 0.583. The summed E-state index contributed by atoms with van der Waals surface area (Å²) in [6.07, 6.45) is 0. The van der Waals surface area contributed by atoms with Crippen LogP contribution in [0.25, 0.3) is 0 Å². The van der Waals surface area contributed by atoms with Gasteiger partial charge in [0.25, 0.3) is 0 Å². The van der Waals surface area contributed by atoms with E-state index in [1.807, 2.05) is 11.3 Å². The SMILES string of the molecule is CCNC(=NCc1csc(C(C)(C)C)n1)NCc1ccc(C)s1. The van der Waals surface area contributed by atoms with Gasteiger partial charge in [0.2, 0.25) is 0 Å². The summed E-state index contributed by atoms with van der Waals surface area (Å²) in [5.41, 5.74) is 1.14. The lowest BCUT2D eigenvalue weighted by Crippen LogP contribution is -2.36. The Bertz CT molecular complexity index is 650. The fourth-order valence-electron chi connectivity index (χ4n) is 1.98. The normalized spacial score (nSPS) is 12.5. The highest BCUT2D eigenvalue weighted by molar-refractivity contribution is 7.11. The summed E-state index contributed by atoms with van der Waals surface area (Å²) in [6.45, 7) is 13.0. The molecule has 0 saturated heterocycles. The number of nitrogens with zero attached hydrogens (tertiary/aromatic N) is 2. The largest absolute Gasteiger partial charge is 0.357 e. The molecule has 0 aliphatic carbocycles. The van der Waals surface area contributed by atoms with E-state index in [4.69, 9.17) is 4.98 Å². The number of hydrogen-bond acceptors (Lipinski definition) is 4. The van der Waals surface area contributed by atoms with E-state index < -0.39 is 0 Å². The van der Waals surface area contributed by atoms with Crippen LogP contribution in [0.15, 0.2) is 22.5 Å². The Balaban J connectivity index is 1.96. The van der Waals surface area contributed by atoms with Crippen LogP contribution in [0.4, 0.5) is 0 Å². The van der Waals surface area contributed by atoms with Gasteiger partial charge in [-0.2, -0.15) is 0 Å². The van der Waals surface area contributed by atoms with Crippen molar-refractivity contribution in [3.05, 3.63) is 38.0 Å². The molecule has 126 valence electrons. The van der Waals surface area contributed by atoms with Crippen LogP contribution < -0.4 is 10.6 Å². The number of aliphatic imine (C=N–C) groups is 1. The fourth-order valence-corrected chi connectivity index (χ4v) is 3.71. The number of nitrogens with one attached hydrogen (secondary N) is 2. The Labute approximate surface area is 147 Å². The van der Waals surface area contributed by atoms with Crippen molar-refractivity contribution in [2.45, 2.75) is 53.1 Å². The topological polar surface area (TPSA) is 49.3 Å². The Hall–Kier alpha value is -1.40. The third-order valence-corrected chi connectivity index (χ3v) is 5.48. The van der Waals surface area contributed by atoms with Gasteiger partial charge in [-0.15, -0.1) is 22.7 Å². The van der Waals surface area contributed by atoms with E-state index in [0.29, 0.717) is 6.54 Å². The summed E-state index contributed by atoms with van der Waals surface area (Å²) in [7, 11) is 0. The number of aromatic nitrogens is 1. The molecule has 2 rings (SSSR count). The highest BCUT2D eigenvalue weighted by atomic mass is 32.1. The summed E-state index contributed by atoms with van der Waals surface area (Å²) in [5, 5.41) is 9.94. The van der Waals surface area contributed by atoms with Gasteiger partial charge in [-0.25, -0.2) is 9.98 Å². The van der Waals surface area contributed by atoms with Gasteiger partial charge >= 0.3 is 0 Å². The van der Waals surface area contributed by atoms with Crippen molar-refractivity contribution in [3.63, 3.8) is 0 Å². The lowest BCUT2D eigenvalue weighted by Gasteiger charge is -2.13. The zero-order valence-electron chi connectivity index (χ0n) is 14.6. The number of hydrogen-bond donors (Lipinski definition) is 2. The molecule has 2 N–H and O–H groups in total. The third kappa shape index (κ3) is 5.62. The molecule has 0 unspecified atom stereocenters. The number of guanidine groups is 1. The molecule has 4 nitrogen and oxygen atoms in total. The summed E-state index contributed by atoms with van der Waals surface area (Å²) in [6, 6.07) is 4.31. The monoisotopic (exact) mass is 350 g/mol. The number of thiophene rings is 1. The summed E-state index contributed by atoms with van der Waals surface area (Å²) in [5.74, 6) is 0.837. The Kier molecular flexibility index (Phi) is 6.18. The second kappa shape index (κ2) is 7.93. The second-order valence-electron chi connectivity index (χ2n) is 6.46. The second-order valence-corrected chi connectivity index (χ2v) is 8.69. The van der Waals surface area contributed by atoms with E-state index in [1.165, 1.54) is 9.75 Å². The van der Waals surface area contributed by atoms with E-state index in [1.54, 1.807) is 11.3 Å². The molecule has 0 aliphatic rings. The van der Waals surface area contributed by atoms with Crippen molar-refractivity contribution in [2.75, 3.05) is 6.54 Å². The summed E-state index contributed by atoms with van der Waals surface area (Å²) >= 11 is 3.53. The van der Waals surface area contributed by atoms with Gasteiger partial charge < -0.3 is 10.6 Å². The Morgan fingerprint density at radius 2 is 2.04 bits per heavy atom. The first-order valence-corrected chi connectivity index (χ1v) is 9.60. The molecular weight excluding hydrogens is 324 g/mol. The average molecular weight is 351 g/mol. The summed E-state index contributed by atoms with van der Waals surface area (Å²) in [4.78, 5) is 12.0. The molecule has 0 amide bonds.